The number of halogens is 1. The molecule has 3 atom stereocenters. The van der Waals surface area contributed by atoms with Crippen LogP contribution < -0.4 is 5.73 Å². The van der Waals surface area contributed by atoms with E-state index in [0.717, 1.165) is 10.0 Å². The quantitative estimate of drug-likeness (QED) is 0.924. The molecule has 0 radical (unpaired) electrons. The summed E-state index contributed by atoms with van der Waals surface area (Å²) < 4.78 is 26.1. The van der Waals surface area contributed by atoms with Crippen LogP contribution in [0.4, 0.5) is 0 Å². The molecule has 20 heavy (non-hydrogen) atoms. The maximum atomic E-state index is 12.6. The van der Waals surface area contributed by atoms with E-state index in [1.807, 2.05) is 24.3 Å². The van der Waals surface area contributed by atoms with Crippen LogP contribution >= 0.6 is 15.9 Å². The minimum Gasteiger partial charge on any atom is -0.326 e. The molecule has 3 rings (SSSR count). The highest BCUT2D eigenvalue weighted by Crippen LogP contribution is 2.47. The van der Waals surface area contributed by atoms with Gasteiger partial charge in [-0.1, -0.05) is 46.3 Å². The van der Waals surface area contributed by atoms with Crippen molar-refractivity contribution in [2.24, 2.45) is 5.73 Å². The van der Waals surface area contributed by atoms with Gasteiger partial charge in [0.2, 0.25) is 0 Å². The molecule has 2 N–H and O–H groups in total. The monoisotopic (exact) mass is 351 g/mol. The van der Waals surface area contributed by atoms with E-state index in [4.69, 9.17) is 5.73 Å². The van der Waals surface area contributed by atoms with Gasteiger partial charge in [0, 0.05) is 16.4 Å². The summed E-state index contributed by atoms with van der Waals surface area (Å²) >= 11 is 3.37. The molecule has 2 aromatic rings. The van der Waals surface area contributed by atoms with E-state index < -0.39 is 15.1 Å². The fraction of sp³-hybridized carbons (Fsp3) is 0.200. The van der Waals surface area contributed by atoms with Crippen molar-refractivity contribution in [2.75, 3.05) is 0 Å². The number of rotatable bonds is 3. The highest BCUT2D eigenvalue weighted by molar-refractivity contribution is 9.10. The zero-order valence-electron chi connectivity index (χ0n) is 10.6. The fourth-order valence-corrected chi connectivity index (χ4v) is 4.90. The highest BCUT2D eigenvalue weighted by Gasteiger charge is 2.56. The number of sulfone groups is 1. The van der Waals surface area contributed by atoms with Gasteiger partial charge in [-0.15, -0.1) is 0 Å². The maximum Gasteiger partial charge on any atom is 0.183 e. The van der Waals surface area contributed by atoms with Crippen LogP contribution in [-0.4, -0.2) is 19.7 Å². The van der Waals surface area contributed by atoms with Crippen LogP contribution in [0.15, 0.2) is 64.0 Å². The van der Waals surface area contributed by atoms with E-state index in [-0.39, 0.29) is 12.0 Å². The van der Waals surface area contributed by atoms with Crippen LogP contribution in [0.5, 0.6) is 0 Å². The summed E-state index contributed by atoms with van der Waals surface area (Å²) in [7, 11) is -3.36. The lowest BCUT2D eigenvalue weighted by molar-refractivity contribution is 0.593. The maximum absolute atomic E-state index is 12.6. The molecule has 0 spiro atoms. The van der Waals surface area contributed by atoms with Crippen molar-refractivity contribution in [3.63, 3.8) is 0 Å². The lowest BCUT2D eigenvalue weighted by Crippen LogP contribution is -2.15. The summed E-state index contributed by atoms with van der Waals surface area (Å²) in [4.78, 5) is 0.347. The minimum atomic E-state index is -3.36. The first-order valence-corrected chi connectivity index (χ1v) is 8.66. The van der Waals surface area contributed by atoms with Gasteiger partial charge in [0.05, 0.1) is 10.1 Å². The number of benzene rings is 2. The third-order valence-electron chi connectivity index (χ3n) is 3.69. The molecule has 0 aliphatic heterocycles. The van der Waals surface area contributed by atoms with E-state index in [9.17, 15) is 8.42 Å². The summed E-state index contributed by atoms with van der Waals surface area (Å²) in [5.41, 5.74) is 6.99. The van der Waals surface area contributed by atoms with E-state index in [1.54, 1.807) is 30.3 Å². The van der Waals surface area contributed by atoms with Crippen LogP contribution in [0.2, 0.25) is 0 Å². The summed E-state index contributed by atoms with van der Waals surface area (Å²) in [5, 5.41) is -0.522. The summed E-state index contributed by atoms with van der Waals surface area (Å²) in [6.45, 7) is 0. The second-order valence-corrected chi connectivity index (χ2v) is 8.00. The lowest BCUT2D eigenvalue weighted by atomic mass is 10.1. The molecule has 1 saturated carbocycles. The van der Waals surface area contributed by atoms with Gasteiger partial charge in [-0.3, -0.25) is 0 Å². The third kappa shape index (κ3) is 2.30. The van der Waals surface area contributed by atoms with E-state index in [0.29, 0.717) is 4.90 Å². The largest absolute Gasteiger partial charge is 0.326 e. The molecule has 1 aliphatic carbocycles. The number of hydrogen-bond donors (Lipinski definition) is 1. The molecule has 1 fully saturated rings. The van der Waals surface area contributed by atoms with Crippen LogP contribution in [0.1, 0.15) is 11.5 Å². The first-order chi connectivity index (χ1) is 9.51. The van der Waals surface area contributed by atoms with Gasteiger partial charge in [-0.25, -0.2) is 8.42 Å². The smallest absolute Gasteiger partial charge is 0.183 e. The van der Waals surface area contributed by atoms with E-state index in [1.165, 1.54) is 0 Å². The standard InChI is InChI=1S/C15H14BrNO2S/c16-11-8-6-10(7-9-11)13-14(17)15(13)20(18,19)12-4-2-1-3-5-12/h1-9,13-15H,17H2/t13-,14+,15+/m1/s1. The number of hydrogen-bond acceptors (Lipinski definition) is 3. The Balaban J connectivity index is 1.91. The van der Waals surface area contributed by atoms with Crippen LogP contribution in [0, 0.1) is 0 Å². The Kier molecular flexibility index (Phi) is 3.44. The molecule has 5 heteroatoms. The molecule has 2 aromatic carbocycles. The van der Waals surface area contributed by atoms with Gasteiger partial charge in [-0.2, -0.15) is 0 Å². The lowest BCUT2D eigenvalue weighted by Gasteiger charge is -2.04. The average molecular weight is 352 g/mol. The van der Waals surface area contributed by atoms with Gasteiger partial charge < -0.3 is 5.73 Å². The Bertz CT molecular complexity index is 713. The van der Waals surface area contributed by atoms with E-state index >= 15 is 0 Å². The molecular weight excluding hydrogens is 338 g/mol. The van der Waals surface area contributed by atoms with Crippen molar-refractivity contribution >= 4 is 25.8 Å². The second kappa shape index (κ2) is 4.98. The van der Waals surface area contributed by atoms with Gasteiger partial charge in [0.1, 0.15) is 0 Å². The predicted molar refractivity (Wildman–Crippen MR) is 82.3 cm³/mol. The van der Waals surface area contributed by atoms with Gasteiger partial charge in [-0.05, 0) is 29.8 Å². The zero-order chi connectivity index (χ0) is 14.3. The molecule has 1 aliphatic rings. The molecule has 104 valence electrons. The minimum absolute atomic E-state index is 0.117. The van der Waals surface area contributed by atoms with Crippen LogP contribution in [-0.2, 0) is 9.84 Å². The Morgan fingerprint density at radius 1 is 0.950 bits per heavy atom. The molecular formula is C15H14BrNO2S. The van der Waals surface area contributed by atoms with Crippen molar-refractivity contribution in [3.05, 3.63) is 64.6 Å². The average Bonchev–Trinajstić information content (AvgIpc) is 3.13. The second-order valence-electron chi connectivity index (χ2n) is 4.98. The first kappa shape index (κ1) is 13.8. The van der Waals surface area contributed by atoms with Crippen LogP contribution in [0.25, 0.3) is 0 Å². The molecule has 0 unspecified atom stereocenters. The first-order valence-electron chi connectivity index (χ1n) is 6.32. The molecule has 0 heterocycles. The van der Waals surface area contributed by atoms with Gasteiger partial charge in [0.25, 0.3) is 0 Å². The summed E-state index contributed by atoms with van der Waals surface area (Å²) in [6.07, 6.45) is 0. The summed E-state index contributed by atoms with van der Waals surface area (Å²) in [6, 6.07) is 15.9. The Labute approximate surface area is 126 Å². The fourth-order valence-electron chi connectivity index (χ4n) is 2.57. The summed E-state index contributed by atoms with van der Waals surface area (Å²) in [5.74, 6) is -0.117. The Hall–Kier alpha value is -1.17. The van der Waals surface area contributed by atoms with Crippen LogP contribution in [0.3, 0.4) is 0 Å². The Morgan fingerprint density at radius 2 is 1.55 bits per heavy atom. The SMILES string of the molecule is N[C@H]1[C@@H](c2ccc(Br)cc2)[C@@H]1S(=O)(=O)c1ccccc1. The van der Waals surface area contributed by atoms with Crippen molar-refractivity contribution in [2.45, 2.75) is 22.1 Å². The predicted octanol–water partition coefficient (Wildman–Crippen LogP) is 2.72. The molecule has 0 amide bonds. The van der Waals surface area contributed by atoms with E-state index in [2.05, 4.69) is 15.9 Å². The van der Waals surface area contributed by atoms with Crippen molar-refractivity contribution in [1.29, 1.82) is 0 Å². The van der Waals surface area contributed by atoms with Crippen molar-refractivity contribution < 1.29 is 8.42 Å². The third-order valence-corrected chi connectivity index (χ3v) is 6.47. The zero-order valence-corrected chi connectivity index (χ0v) is 13.0. The highest BCUT2D eigenvalue weighted by atomic mass is 79.9. The van der Waals surface area contributed by atoms with Crippen molar-refractivity contribution in [1.82, 2.24) is 0 Å². The number of nitrogens with two attached hydrogens (primary N) is 1. The molecule has 0 bridgehead atoms. The normalized spacial score (nSPS) is 25.4. The topological polar surface area (TPSA) is 60.2 Å². The van der Waals surface area contributed by atoms with Crippen molar-refractivity contribution in [3.8, 4) is 0 Å². The molecule has 0 aromatic heterocycles. The Morgan fingerprint density at radius 3 is 2.15 bits per heavy atom. The molecule has 3 nitrogen and oxygen atoms in total. The van der Waals surface area contributed by atoms with Gasteiger partial charge >= 0.3 is 0 Å². The van der Waals surface area contributed by atoms with Gasteiger partial charge in [0.15, 0.2) is 9.84 Å². The molecule has 0 saturated heterocycles.